The largest absolute Gasteiger partial charge is 0.321 e. The first-order valence-electron chi connectivity index (χ1n) is 13.2. The van der Waals surface area contributed by atoms with Crippen molar-refractivity contribution in [3.05, 3.63) is 89.1 Å². The van der Waals surface area contributed by atoms with Crippen molar-refractivity contribution in [3.63, 3.8) is 0 Å². The molecule has 0 fully saturated rings. The molecule has 0 saturated carbocycles. The third-order valence-corrected chi connectivity index (χ3v) is 7.28. The van der Waals surface area contributed by atoms with Crippen molar-refractivity contribution in [2.75, 3.05) is 5.32 Å². The summed E-state index contributed by atoms with van der Waals surface area (Å²) in [5, 5.41) is 18.7. The number of hydrogen-bond acceptors (Lipinski definition) is 5. The van der Waals surface area contributed by atoms with E-state index in [9.17, 15) is 13.6 Å². The first-order valence-corrected chi connectivity index (χ1v) is 13.2. The summed E-state index contributed by atoms with van der Waals surface area (Å²) in [5.41, 5.74) is 4.56. The van der Waals surface area contributed by atoms with Crippen LogP contribution in [0.5, 0.6) is 0 Å². The number of carbonyl (C=O) groups excluding carboxylic acids is 1. The van der Waals surface area contributed by atoms with Crippen molar-refractivity contribution >= 4 is 33.4 Å². The van der Waals surface area contributed by atoms with Gasteiger partial charge in [0.15, 0.2) is 5.65 Å². The van der Waals surface area contributed by atoms with Gasteiger partial charge in [-0.05, 0) is 43.2 Å². The molecule has 9 nitrogen and oxygen atoms in total. The Morgan fingerprint density at radius 3 is 2.51 bits per heavy atom. The fraction of sp³-hybridized carbons (Fsp3) is 0.233. The van der Waals surface area contributed by atoms with Gasteiger partial charge in [0.2, 0.25) is 5.91 Å². The summed E-state index contributed by atoms with van der Waals surface area (Å²) in [5.74, 6) is -0.363. The van der Waals surface area contributed by atoms with Crippen LogP contribution in [-0.4, -0.2) is 40.2 Å². The van der Waals surface area contributed by atoms with Crippen LogP contribution in [0.15, 0.2) is 60.9 Å². The van der Waals surface area contributed by atoms with Crippen molar-refractivity contribution < 1.29 is 13.6 Å². The second-order valence-electron chi connectivity index (χ2n) is 10.1. The molecular formula is C30H28F2N8O. The van der Waals surface area contributed by atoms with Gasteiger partial charge >= 0.3 is 0 Å². The van der Waals surface area contributed by atoms with Crippen LogP contribution < -0.4 is 5.32 Å². The lowest BCUT2D eigenvalue weighted by Gasteiger charge is -2.10. The zero-order valence-electron chi connectivity index (χ0n) is 23.1. The van der Waals surface area contributed by atoms with Gasteiger partial charge in [-0.25, -0.2) is 18.4 Å². The van der Waals surface area contributed by atoms with Crippen molar-refractivity contribution in [1.82, 2.24) is 34.3 Å². The molecule has 11 heteroatoms. The van der Waals surface area contributed by atoms with E-state index in [-0.39, 0.29) is 29.0 Å². The smallest absolute Gasteiger partial charge is 0.264 e. The Labute approximate surface area is 234 Å². The van der Waals surface area contributed by atoms with Gasteiger partial charge in [0, 0.05) is 24.4 Å². The van der Waals surface area contributed by atoms with E-state index in [1.165, 1.54) is 10.7 Å². The predicted octanol–water partition coefficient (Wildman–Crippen LogP) is 5.73. The van der Waals surface area contributed by atoms with Crippen molar-refractivity contribution in [2.45, 2.75) is 40.3 Å². The topological polar surface area (TPSA) is 95.5 Å². The minimum atomic E-state index is -2.74. The van der Waals surface area contributed by atoms with Gasteiger partial charge in [0.05, 0.1) is 46.6 Å². The molecule has 6 aromatic rings. The standard InChI is InChI=1S/C30H28F2N8O/c1-17-27-24(29(31)32)12-25(22-13-33-38(4)14-22)34-30(27)40(36-17)16-26(41)35-28-18(2)37-39(19(28)3)15-21-10-7-9-20-8-5-6-11-23(20)21/h5-14,29H,15-16H2,1-4H3,(H,35,41). The molecule has 0 saturated heterocycles. The molecule has 0 atom stereocenters. The third-order valence-electron chi connectivity index (χ3n) is 7.28. The van der Waals surface area contributed by atoms with Crippen molar-refractivity contribution in [1.29, 1.82) is 0 Å². The SMILES string of the molecule is Cc1nn(Cc2cccc3ccccc23)c(C)c1NC(=O)Cn1nc(C)c2c(C(F)F)cc(-c3cnn(C)c3)nc21. The number of nitrogens with one attached hydrogen (secondary N) is 1. The number of nitrogens with zero attached hydrogens (tertiary/aromatic N) is 7. The Kier molecular flexibility index (Phi) is 6.56. The second-order valence-corrected chi connectivity index (χ2v) is 10.1. The van der Waals surface area contributed by atoms with Crippen LogP contribution >= 0.6 is 0 Å². The van der Waals surface area contributed by atoms with Crippen LogP contribution in [0.2, 0.25) is 0 Å². The lowest BCUT2D eigenvalue weighted by Crippen LogP contribution is -2.20. The number of amides is 1. The molecule has 41 heavy (non-hydrogen) atoms. The number of benzene rings is 2. The zero-order valence-corrected chi connectivity index (χ0v) is 23.1. The monoisotopic (exact) mass is 554 g/mol. The van der Waals surface area contributed by atoms with Crippen LogP contribution in [0.4, 0.5) is 14.5 Å². The number of fused-ring (bicyclic) bond motifs is 2. The fourth-order valence-corrected chi connectivity index (χ4v) is 5.31. The van der Waals surface area contributed by atoms with E-state index in [1.807, 2.05) is 36.7 Å². The number of aryl methyl sites for hydroxylation is 3. The fourth-order valence-electron chi connectivity index (χ4n) is 5.31. The molecule has 0 bridgehead atoms. The number of pyridine rings is 1. The van der Waals surface area contributed by atoms with E-state index < -0.39 is 6.43 Å². The van der Waals surface area contributed by atoms with Crippen LogP contribution in [0, 0.1) is 20.8 Å². The van der Waals surface area contributed by atoms with Gasteiger partial charge in [0.25, 0.3) is 6.43 Å². The number of alkyl halides is 2. The molecule has 0 radical (unpaired) electrons. The number of halogens is 2. The summed E-state index contributed by atoms with van der Waals surface area (Å²) in [6.45, 7) is 5.73. The summed E-state index contributed by atoms with van der Waals surface area (Å²) in [6, 6.07) is 15.7. The Hall–Kier alpha value is -4.93. The highest BCUT2D eigenvalue weighted by atomic mass is 19.3. The van der Waals surface area contributed by atoms with Crippen molar-refractivity contribution in [2.24, 2.45) is 7.05 Å². The normalized spacial score (nSPS) is 11.7. The maximum atomic E-state index is 14.1. The van der Waals surface area contributed by atoms with Crippen LogP contribution in [0.25, 0.3) is 33.1 Å². The van der Waals surface area contributed by atoms with Gasteiger partial charge in [-0.2, -0.15) is 15.3 Å². The van der Waals surface area contributed by atoms with E-state index in [0.29, 0.717) is 34.9 Å². The minimum absolute atomic E-state index is 0.181. The summed E-state index contributed by atoms with van der Waals surface area (Å²) in [7, 11) is 1.74. The second kappa shape index (κ2) is 10.2. The molecule has 2 aromatic carbocycles. The van der Waals surface area contributed by atoms with Crippen molar-refractivity contribution in [3.8, 4) is 11.3 Å². The summed E-state index contributed by atoms with van der Waals surface area (Å²) >= 11 is 0. The van der Waals surface area contributed by atoms with Crippen LogP contribution in [0.3, 0.4) is 0 Å². The molecule has 0 aliphatic carbocycles. The molecule has 4 heterocycles. The molecule has 0 unspecified atom stereocenters. The highest BCUT2D eigenvalue weighted by molar-refractivity contribution is 5.93. The quantitative estimate of drug-likeness (QED) is 0.272. The summed E-state index contributed by atoms with van der Waals surface area (Å²) < 4.78 is 33.0. The molecule has 4 aromatic heterocycles. The summed E-state index contributed by atoms with van der Waals surface area (Å²) in [6.07, 6.45) is 0.523. The molecule has 0 aliphatic rings. The highest BCUT2D eigenvalue weighted by Crippen LogP contribution is 2.33. The van der Waals surface area contributed by atoms with E-state index >= 15 is 0 Å². The Morgan fingerprint density at radius 1 is 1.00 bits per heavy atom. The Bertz CT molecular complexity index is 1930. The average Bonchev–Trinajstić information content (AvgIpc) is 3.60. The first kappa shape index (κ1) is 26.3. The van der Waals surface area contributed by atoms with E-state index in [1.54, 1.807) is 31.0 Å². The highest BCUT2D eigenvalue weighted by Gasteiger charge is 2.23. The molecule has 1 amide bonds. The molecule has 208 valence electrons. The molecule has 6 rings (SSSR count). The maximum Gasteiger partial charge on any atom is 0.264 e. The number of carbonyl (C=O) groups is 1. The van der Waals surface area contributed by atoms with Crippen LogP contribution in [-0.2, 0) is 24.9 Å². The Balaban J connectivity index is 1.29. The number of hydrogen-bond donors (Lipinski definition) is 1. The average molecular weight is 555 g/mol. The molecule has 1 N–H and O–H groups in total. The maximum absolute atomic E-state index is 14.1. The number of anilines is 1. The molecule has 0 aliphatic heterocycles. The third kappa shape index (κ3) is 4.83. The van der Waals surface area contributed by atoms with E-state index in [4.69, 9.17) is 0 Å². The number of aromatic nitrogens is 7. The van der Waals surface area contributed by atoms with Gasteiger partial charge in [-0.1, -0.05) is 42.5 Å². The Morgan fingerprint density at radius 2 is 1.76 bits per heavy atom. The summed E-state index contributed by atoms with van der Waals surface area (Å²) in [4.78, 5) is 17.9. The van der Waals surface area contributed by atoms with Gasteiger partial charge < -0.3 is 5.32 Å². The van der Waals surface area contributed by atoms with Gasteiger partial charge in [-0.15, -0.1) is 0 Å². The van der Waals surface area contributed by atoms with Crippen LogP contribution in [0.1, 0.15) is 34.6 Å². The van der Waals surface area contributed by atoms with E-state index in [0.717, 1.165) is 22.0 Å². The van der Waals surface area contributed by atoms with Gasteiger partial charge in [0.1, 0.15) is 6.54 Å². The van der Waals surface area contributed by atoms with Gasteiger partial charge in [-0.3, -0.25) is 14.2 Å². The predicted molar refractivity (Wildman–Crippen MR) is 153 cm³/mol. The first-order chi connectivity index (χ1) is 19.7. The lowest BCUT2D eigenvalue weighted by molar-refractivity contribution is -0.116. The lowest BCUT2D eigenvalue weighted by atomic mass is 10.0. The minimum Gasteiger partial charge on any atom is -0.321 e. The molecular weight excluding hydrogens is 526 g/mol. The zero-order chi connectivity index (χ0) is 28.8. The molecule has 0 spiro atoms. The van der Waals surface area contributed by atoms with E-state index in [2.05, 4.69) is 49.9 Å². The number of rotatable bonds is 7.